The molecule has 1 fully saturated rings. The van der Waals surface area contributed by atoms with Crippen LogP contribution < -0.4 is 0 Å². The Kier molecular flexibility index (Phi) is 3.42. The van der Waals surface area contributed by atoms with E-state index >= 15 is 0 Å². The van der Waals surface area contributed by atoms with E-state index < -0.39 is 5.41 Å². The minimum absolute atomic E-state index is 0.569. The third-order valence-corrected chi connectivity index (χ3v) is 3.54. The molecule has 0 saturated heterocycles. The van der Waals surface area contributed by atoms with Gasteiger partial charge in [0.25, 0.3) is 0 Å². The molecule has 1 saturated carbocycles. The van der Waals surface area contributed by atoms with Crippen LogP contribution in [0.1, 0.15) is 63.4 Å². The van der Waals surface area contributed by atoms with Crippen LogP contribution in [0.15, 0.2) is 12.3 Å². The molecule has 17 heavy (non-hydrogen) atoms. The van der Waals surface area contributed by atoms with Crippen LogP contribution in [0.4, 0.5) is 0 Å². The number of hydrogen-bond donors (Lipinski definition) is 0. The van der Waals surface area contributed by atoms with Crippen LogP contribution in [-0.2, 0) is 5.41 Å². The Labute approximate surface area is 103 Å². The first-order chi connectivity index (χ1) is 8.13. The first-order valence-electron chi connectivity index (χ1n) is 6.38. The zero-order chi connectivity index (χ0) is 12.3. The van der Waals surface area contributed by atoms with Gasteiger partial charge in [0.05, 0.1) is 6.07 Å². The minimum Gasteiger partial charge on any atom is -0.240 e. The van der Waals surface area contributed by atoms with E-state index in [9.17, 15) is 0 Å². The molecular formula is C14H19N3. The van der Waals surface area contributed by atoms with Gasteiger partial charge in [0.1, 0.15) is 11.2 Å². The van der Waals surface area contributed by atoms with E-state index in [0.29, 0.717) is 11.7 Å². The van der Waals surface area contributed by atoms with Crippen LogP contribution in [0, 0.1) is 11.3 Å². The normalized spacial score (nSPS) is 17.7. The Morgan fingerprint density at radius 3 is 2.65 bits per heavy atom. The third kappa shape index (κ3) is 2.63. The van der Waals surface area contributed by atoms with Gasteiger partial charge in [0.15, 0.2) is 0 Å². The molecule has 1 aromatic rings. The zero-order valence-corrected chi connectivity index (χ0v) is 10.6. The molecule has 0 bridgehead atoms. The van der Waals surface area contributed by atoms with Gasteiger partial charge in [-0.15, -0.1) is 0 Å². The van der Waals surface area contributed by atoms with Gasteiger partial charge in [-0.05, 0) is 32.8 Å². The second-order valence-electron chi connectivity index (χ2n) is 5.38. The second kappa shape index (κ2) is 4.83. The van der Waals surface area contributed by atoms with Crippen molar-refractivity contribution < 1.29 is 0 Å². The van der Waals surface area contributed by atoms with Gasteiger partial charge in [-0.3, -0.25) is 0 Å². The molecule has 1 aliphatic carbocycles. The van der Waals surface area contributed by atoms with E-state index in [1.54, 1.807) is 6.20 Å². The molecule has 0 amide bonds. The van der Waals surface area contributed by atoms with E-state index in [1.807, 2.05) is 19.9 Å². The Balaban J connectivity index is 2.25. The molecule has 90 valence electrons. The zero-order valence-electron chi connectivity index (χ0n) is 10.6. The Bertz CT molecular complexity index is 425. The highest BCUT2D eigenvalue weighted by Crippen LogP contribution is 2.32. The van der Waals surface area contributed by atoms with E-state index in [2.05, 4.69) is 16.0 Å². The first kappa shape index (κ1) is 12.0. The molecule has 2 rings (SSSR count). The summed E-state index contributed by atoms with van der Waals surface area (Å²) in [5.74, 6) is 1.23. The molecule has 3 heteroatoms. The average molecular weight is 229 g/mol. The first-order valence-corrected chi connectivity index (χ1v) is 6.38. The molecule has 3 nitrogen and oxygen atoms in total. The summed E-state index contributed by atoms with van der Waals surface area (Å²) >= 11 is 0. The molecule has 1 aromatic heterocycles. The second-order valence-corrected chi connectivity index (χ2v) is 5.38. The summed E-state index contributed by atoms with van der Waals surface area (Å²) in [7, 11) is 0. The van der Waals surface area contributed by atoms with Gasteiger partial charge in [-0.1, -0.05) is 19.3 Å². The van der Waals surface area contributed by atoms with Crippen LogP contribution in [0.2, 0.25) is 0 Å². The van der Waals surface area contributed by atoms with Gasteiger partial charge in [0, 0.05) is 17.8 Å². The molecule has 0 aromatic carbocycles. The highest BCUT2D eigenvalue weighted by molar-refractivity contribution is 5.19. The quantitative estimate of drug-likeness (QED) is 0.781. The van der Waals surface area contributed by atoms with E-state index in [4.69, 9.17) is 5.26 Å². The fraction of sp³-hybridized carbons (Fsp3) is 0.643. The van der Waals surface area contributed by atoms with Gasteiger partial charge in [-0.25, -0.2) is 9.97 Å². The summed E-state index contributed by atoms with van der Waals surface area (Å²) < 4.78 is 0. The smallest absolute Gasteiger partial charge is 0.148 e. The molecule has 1 heterocycles. The van der Waals surface area contributed by atoms with Crippen molar-refractivity contribution in [2.24, 2.45) is 0 Å². The number of aromatic nitrogens is 2. The van der Waals surface area contributed by atoms with Gasteiger partial charge in [-0.2, -0.15) is 5.26 Å². The van der Waals surface area contributed by atoms with Crippen molar-refractivity contribution in [2.75, 3.05) is 0 Å². The topological polar surface area (TPSA) is 49.6 Å². The molecule has 0 spiro atoms. The van der Waals surface area contributed by atoms with Crippen molar-refractivity contribution >= 4 is 0 Å². The van der Waals surface area contributed by atoms with Crippen molar-refractivity contribution in [1.29, 1.82) is 5.26 Å². The fourth-order valence-corrected chi connectivity index (χ4v) is 2.35. The largest absolute Gasteiger partial charge is 0.240 e. The summed E-state index contributed by atoms with van der Waals surface area (Å²) in [6, 6.07) is 4.27. The molecule has 0 unspecified atom stereocenters. The van der Waals surface area contributed by atoms with Crippen molar-refractivity contribution in [3.8, 4) is 6.07 Å². The monoisotopic (exact) mass is 229 g/mol. The summed E-state index contributed by atoms with van der Waals surface area (Å²) in [4.78, 5) is 8.85. The van der Waals surface area contributed by atoms with Crippen molar-refractivity contribution in [2.45, 2.75) is 57.3 Å². The Hall–Kier alpha value is -1.43. The number of hydrogen-bond acceptors (Lipinski definition) is 3. The Morgan fingerprint density at radius 1 is 1.29 bits per heavy atom. The lowest BCUT2D eigenvalue weighted by molar-refractivity contribution is 0.433. The molecule has 0 atom stereocenters. The van der Waals surface area contributed by atoms with Crippen molar-refractivity contribution in [3.05, 3.63) is 23.8 Å². The molecular weight excluding hydrogens is 210 g/mol. The van der Waals surface area contributed by atoms with Gasteiger partial charge >= 0.3 is 0 Å². The lowest BCUT2D eigenvalue weighted by Crippen LogP contribution is -2.20. The SMILES string of the molecule is CC(C)(C#N)c1nccc(C2CCCCC2)n1. The summed E-state index contributed by atoms with van der Waals surface area (Å²) in [5, 5.41) is 9.12. The number of rotatable bonds is 2. The third-order valence-electron chi connectivity index (χ3n) is 3.54. The standard InChI is InChI=1S/C14H19N3/c1-14(2,10-15)13-16-9-8-12(17-13)11-6-4-3-5-7-11/h8-9,11H,3-7H2,1-2H3. The van der Waals surface area contributed by atoms with Crippen LogP contribution >= 0.6 is 0 Å². The number of nitriles is 1. The minimum atomic E-state index is -0.593. The van der Waals surface area contributed by atoms with E-state index in [-0.39, 0.29) is 0 Å². The maximum absolute atomic E-state index is 9.12. The fourth-order valence-electron chi connectivity index (χ4n) is 2.35. The molecule has 0 radical (unpaired) electrons. The highest BCUT2D eigenvalue weighted by atomic mass is 14.9. The van der Waals surface area contributed by atoms with Crippen LogP contribution in [0.5, 0.6) is 0 Å². The van der Waals surface area contributed by atoms with E-state index in [1.165, 1.54) is 32.1 Å². The number of nitrogens with zero attached hydrogens (tertiary/aromatic N) is 3. The average Bonchev–Trinajstić information content (AvgIpc) is 2.40. The predicted octanol–water partition coefficient (Wildman–Crippen LogP) is 3.33. The maximum atomic E-state index is 9.12. The summed E-state index contributed by atoms with van der Waals surface area (Å²) in [5.41, 5.74) is 0.531. The summed E-state index contributed by atoms with van der Waals surface area (Å²) in [6.45, 7) is 3.74. The van der Waals surface area contributed by atoms with Crippen LogP contribution in [0.3, 0.4) is 0 Å². The predicted molar refractivity (Wildman–Crippen MR) is 66.5 cm³/mol. The summed E-state index contributed by atoms with van der Waals surface area (Å²) in [6.07, 6.45) is 8.19. The molecule has 1 aliphatic rings. The van der Waals surface area contributed by atoms with E-state index in [0.717, 1.165) is 5.69 Å². The van der Waals surface area contributed by atoms with Crippen molar-refractivity contribution in [3.63, 3.8) is 0 Å². The molecule has 0 N–H and O–H groups in total. The van der Waals surface area contributed by atoms with Crippen LogP contribution in [0.25, 0.3) is 0 Å². The van der Waals surface area contributed by atoms with Crippen molar-refractivity contribution in [1.82, 2.24) is 9.97 Å². The maximum Gasteiger partial charge on any atom is 0.148 e. The van der Waals surface area contributed by atoms with Crippen LogP contribution in [-0.4, -0.2) is 9.97 Å². The van der Waals surface area contributed by atoms with Gasteiger partial charge < -0.3 is 0 Å². The lowest BCUT2D eigenvalue weighted by atomic mass is 9.86. The highest BCUT2D eigenvalue weighted by Gasteiger charge is 2.25. The van der Waals surface area contributed by atoms with Gasteiger partial charge in [0.2, 0.25) is 0 Å². The lowest BCUT2D eigenvalue weighted by Gasteiger charge is -2.22. The Morgan fingerprint density at radius 2 is 2.00 bits per heavy atom. The molecule has 0 aliphatic heterocycles.